The van der Waals surface area contributed by atoms with Gasteiger partial charge in [-0.15, -0.1) is 0 Å². The molecule has 22 heavy (non-hydrogen) atoms. The van der Waals surface area contributed by atoms with Gasteiger partial charge < -0.3 is 5.32 Å². The first-order valence-electron chi connectivity index (χ1n) is 8.03. The molecule has 0 aliphatic heterocycles. The van der Waals surface area contributed by atoms with Crippen molar-refractivity contribution in [2.75, 3.05) is 0 Å². The minimum atomic E-state index is 0.136. The molecular weight excluding hydrogens is 270 g/mol. The number of carbonyl (C=O) groups excluding carboxylic acids is 1. The second-order valence-electron chi connectivity index (χ2n) is 6.01. The molecule has 2 atom stereocenters. The van der Waals surface area contributed by atoms with Crippen molar-refractivity contribution in [1.82, 2.24) is 5.32 Å². The van der Waals surface area contributed by atoms with Gasteiger partial charge in [0.2, 0.25) is 5.91 Å². The topological polar surface area (TPSA) is 29.1 Å². The zero-order valence-corrected chi connectivity index (χ0v) is 13.5. The Morgan fingerprint density at radius 2 is 1.55 bits per heavy atom. The summed E-state index contributed by atoms with van der Waals surface area (Å²) in [6, 6.07) is 20.8. The highest BCUT2D eigenvalue weighted by molar-refractivity contribution is 5.77. The first-order chi connectivity index (χ1) is 10.6. The predicted octanol–water partition coefficient (Wildman–Crippen LogP) is 4.32. The Morgan fingerprint density at radius 3 is 2.18 bits per heavy atom. The molecule has 0 aromatic heterocycles. The lowest BCUT2D eigenvalue weighted by atomic mass is 9.97. The normalized spacial score (nSPS) is 13.4. The monoisotopic (exact) mass is 295 g/mol. The summed E-state index contributed by atoms with van der Waals surface area (Å²) >= 11 is 0. The molecule has 0 saturated carbocycles. The van der Waals surface area contributed by atoms with Gasteiger partial charge in [0.15, 0.2) is 0 Å². The van der Waals surface area contributed by atoms with Gasteiger partial charge in [0.1, 0.15) is 0 Å². The van der Waals surface area contributed by atoms with Crippen LogP contribution in [0.2, 0.25) is 0 Å². The lowest BCUT2D eigenvalue weighted by Crippen LogP contribution is -2.33. The highest BCUT2D eigenvalue weighted by Crippen LogP contribution is 2.18. The van der Waals surface area contributed by atoms with Crippen molar-refractivity contribution in [2.45, 2.75) is 45.1 Å². The molecule has 2 aromatic rings. The van der Waals surface area contributed by atoms with Gasteiger partial charge in [-0.3, -0.25) is 4.79 Å². The summed E-state index contributed by atoms with van der Waals surface area (Å²) < 4.78 is 0. The Kier molecular flexibility index (Phi) is 6.20. The molecule has 2 nitrogen and oxygen atoms in total. The van der Waals surface area contributed by atoms with Crippen LogP contribution >= 0.6 is 0 Å². The molecule has 0 heterocycles. The molecule has 0 saturated heterocycles. The van der Waals surface area contributed by atoms with Crippen LogP contribution in [0.3, 0.4) is 0 Å². The molecule has 1 amide bonds. The van der Waals surface area contributed by atoms with E-state index in [4.69, 9.17) is 0 Å². The van der Waals surface area contributed by atoms with Crippen molar-refractivity contribution < 1.29 is 4.79 Å². The van der Waals surface area contributed by atoms with Crippen molar-refractivity contribution in [3.05, 3.63) is 71.8 Å². The molecule has 0 fully saturated rings. The van der Waals surface area contributed by atoms with Crippen LogP contribution < -0.4 is 5.32 Å². The van der Waals surface area contributed by atoms with Gasteiger partial charge >= 0.3 is 0 Å². The van der Waals surface area contributed by atoms with Gasteiger partial charge in [0.05, 0.1) is 0 Å². The molecule has 1 N–H and O–H groups in total. The molecule has 0 radical (unpaired) electrons. The molecular formula is C20H25NO. The van der Waals surface area contributed by atoms with Crippen molar-refractivity contribution >= 4 is 5.91 Å². The van der Waals surface area contributed by atoms with Gasteiger partial charge in [-0.25, -0.2) is 0 Å². The number of hydrogen-bond acceptors (Lipinski definition) is 1. The van der Waals surface area contributed by atoms with E-state index in [2.05, 4.69) is 55.6 Å². The van der Waals surface area contributed by atoms with Crippen LogP contribution in [-0.2, 0) is 11.2 Å². The van der Waals surface area contributed by atoms with E-state index in [0.717, 1.165) is 12.8 Å². The number of amides is 1. The number of nitrogens with one attached hydrogen (secondary N) is 1. The van der Waals surface area contributed by atoms with E-state index in [1.807, 2.05) is 24.3 Å². The average molecular weight is 295 g/mol. The first-order valence-corrected chi connectivity index (χ1v) is 8.03. The van der Waals surface area contributed by atoms with E-state index in [-0.39, 0.29) is 17.9 Å². The molecule has 0 unspecified atom stereocenters. The van der Waals surface area contributed by atoms with Crippen molar-refractivity contribution in [1.29, 1.82) is 0 Å². The molecule has 0 spiro atoms. The van der Waals surface area contributed by atoms with E-state index in [0.29, 0.717) is 6.42 Å². The molecule has 116 valence electrons. The number of rotatable bonds is 7. The summed E-state index contributed by atoms with van der Waals surface area (Å²) in [5, 5.41) is 3.11. The Bertz CT molecular complexity index is 565. The standard InChI is InChI=1S/C20H25NO/c1-16(19-11-7-4-8-12-19)15-20(22)21-17(2)13-14-18-9-5-3-6-10-18/h3-12,16-17H,13-15H2,1-2H3,(H,21,22)/t16-,17+/m0/s1. The third kappa shape index (κ3) is 5.36. The van der Waals surface area contributed by atoms with Gasteiger partial charge in [-0.1, -0.05) is 67.6 Å². The maximum Gasteiger partial charge on any atom is 0.220 e. The van der Waals surface area contributed by atoms with Crippen LogP contribution in [-0.4, -0.2) is 11.9 Å². The number of benzene rings is 2. The van der Waals surface area contributed by atoms with Crippen LogP contribution in [0.5, 0.6) is 0 Å². The summed E-state index contributed by atoms with van der Waals surface area (Å²) in [6.45, 7) is 4.18. The SMILES string of the molecule is C[C@H](CCc1ccccc1)NC(=O)C[C@H](C)c1ccccc1. The molecule has 2 aromatic carbocycles. The smallest absolute Gasteiger partial charge is 0.220 e. The first kappa shape index (κ1) is 16.3. The van der Waals surface area contributed by atoms with Gasteiger partial charge in [0, 0.05) is 12.5 Å². The van der Waals surface area contributed by atoms with E-state index < -0.39 is 0 Å². The van der Waals surface area contributed by atoms with Crippen molar-refractivity contribution in [3.8, 4) is 0 Å². The van der Waals surface area contributed by atoms with E-state index in [1.54, 1.807) is 0 Å². The molecule has 2 heteroatoms. The fraction of sp³-hybridized carbons (Fsp3) is 0.350. The van der Waals surface area contributed by atoms with Crippen LogP contribution in [0.15, 0.2) is 60.7 Å². The quantitative estimate of drug-likeness (QED) is 0.810. The van der Waals surface area contributed by atoms with Crippen LogP contribution in [0, 0.1) is 0 Å². The van der Waals surface area contributed by atoms with Gasteiger partial charge in [0.25, 0.3) is 0 Å². The number of hydrogen-bond donors (Lipinski definition) is 1. The minimum absolute atomic E-state index is 0.136. The average Bonchev–Trinajstić information content (AvgIpc) is 2.54. The van der Waals surface area contributed by atoms with E-state index in [1.165, 1.54) is 11.1 Å². The Morgan fingerprint density at radius 1 is 0.955 bits per heavy atom. The lowest BCUT2D eigenvalue weighted by molar-refractivity contribution is -0.122. The second kappa shape index (κ2) is 8.38. The summed E-state index contributed by atoms with van der Waals surface area (Å²) in [5.41, 5.74) is 2.54. The van der Waals surface area contributed by atoms with Crippen LogP contribution in [0.1, 0.15) is 43.7 Å². The largest absolute Gasteiger partial charge is 0.354 e. The Labute approximate surface area is 133 Å². The van der Waals surface area contributed by atoms with E-state index >= 15 is 0 Å². The Balaban J connectivity index is 1.74. The summed E-state index contributed by atoms with van der Waals surface area (Å²) in [4.78, 5) is 12.1. The third-order valence-electron chi connectivity index (χ3n) is 3.98. The van der Waals surface area contributed by atoms with E-state index in [9.17, 15) is 4.79 Å². The zero-order valence-electron chi connectivity index (χ0n) is 13.5. The maximum absolute atomic E-state index is 12.1. The Hall–Kier alpha value is -2.09. The third-order valence-corrected chi connectivity index (χ3v) is 3.98. The zero-order chi connectivity index (χ0) is 15.8. The summed E-state index contributed by atoms with van der Waals surface area (Å²) in [7, 11) is 0. The van der Waals surface area contributed by atoms with Crippen LogP contribution in [0.25, 0.3) is 0 Å². The van der Waals surface area contributed by atoms with Crippen LogP contribution in [0.4, 0.5) is 0 Å². The summed E-state index contributed by atoms with van der Waals surface area (Å²) in [5.74, 6) is 0.388. The minimum Gasteiger partial charge on any atom is -0.354 e. The second-order valence-corrected chi connectivity index (χ2v) is 6.01. The maximum atomic E-state index is 12.1. The fourth-order valence-electron chi connectivity index (χ4n) is 2.61. The molecule has 0 bridgehead atoms. The highest BCUT2D eigenvalue weighted by Gasteiger charge is 2.13. The molecule has 2 rings (SSSR count). The number of aryl methyl sites for hydroxylation is 1. The number of carbonyl (C=O) groups is 1. The van der Waals surface area contributed by atoms with Gasteiger partial charge in [-0.05, 0) is 36.8 Å². The van der Waals surface area contributed by atoms with Crippen molar-refractivity contribution in [2.24, 2.45) is 0 Å². The van der Waals surface area contributed by atoms with Gasteiger partial charge in [-0.2, -0.15) is 0 Å². The summed E-state index contributed by atoms with van der Waals surface area (Å²) in [6.07, 6.45) is 2.51. The lowest BCUT2D eigenvalue weighted by Gasteiger charge is -2.16. The molecule has 0 aliphatic rings. The predicted molar refractivity (Wildman–Crippen MR) is 91.8 cm³/mol. The highest BCUT2D eigenvalue weighted by atomic mass is 16.1. The fourth-order valence-corrected chi connectivity index (χ4v) is 2.61. The van der Waals surface area contributed by atoms with Crippen molar-refractivity contribution in [3.63, 3.8) is 0 Å². The molecule has 0 aliphatic carbocycles.